The second-order valence-corrected chi connectivity index (χ2v) is 9.35. The molecule has 3 aromatic rings. The van der Waals surface area contributed by atoms with Crippen LogP contribution in [0.2, 0.25) is 5.02 Å². The highest BCUT2D eigenvalue weighted by Gasteiger charge is 2.26. The Morgan fingerprint density at radius 2 is 2.04 bits per heavy atom. The summed E-state index contributed by atoms with van der Waals surface area (Å²) in [6.07, 6.45) is 3.21. The summed E-state index contributed by atoms with van der Waals surface area (Å²) < 4.78 is 46.7. The summed E-state index contributed by atoms with van der Waals surface area (Å²) in [6, 6.07) is 6.73. The maximum Gasteiger partial charge on any atom is 0.271 e. The van der Waals surface area contributed by atoms with Gasteiger partial charge in [-0.3, -0.25) is 4.72 Å². The highest BCUT2D eigenvalue weighted by atomic mass is 35.5. The Labute approximate surface area is 158 Å². The monoisotopic (exact) mass is 413 g/mol. The molecule has 136 valence electrons. The zero-order chi connectivity index (χ0) is 18.3. The van der Waals surface area contributed by atoms with Gasteiger partial charge in [0.1, 0.15) is 10.0 Å². The van der Waals surface area contributed by atoms with Crippen molar-refractivity contribution in [2.45, 2.75) is 29.4 Å². The van der Waals surface area contributed by atoms with E-state index in [-0.39, 0.29) is 20.8 Å². The van der Waals surface area contributed by atoms with Gasteiger partial charge in [0.2, 0.25) is 5.89 Å². The molecule has 1 aromatic carbocycles. The molecule has 1 aliphatic rings. The largest absolute Gasteiger partial charge is 0.420 e. The summed E-state index contributed by atoms with van der Waals surface area (Å²) >= 11 is 6.65. The van der Waals surface area contributed by atoms with Crippen molar-refractivity contribution in [3.63, 3.8) is 0 Å². The van der Waals surface area contributed by atoms with E-state index in [1.54, 1.807) is 6.07 Å². The number of nitrogens with one attached hydrogen (secondary N) is 1. The number of sulfonamides is 1. The smallest absolute Gasteiger partial charge is 0.271 e. The minimum Gasteiger partial charge on any atom is -0.420 e. The van der Waals surface area contributed by atoms with Gasteiger partial charge >= 0.3 is 0 Å². The molecule has 0 radical (unpaired) electrons. The molecule has 1 saturated carbocycles. The van der Waals surface area contributed by atoms with Crippen LogP contribution >= 0.6 is 22.9 Å². The Morgan fingerprint density at radius 3 is 2.73 bits per heavy atom. The van der Waals surface area contributed by atoms with Gasteiger partial charge in [0, 0.05) is 10.9 Å². The molecule has 1 fully saturated rings. The van der Waals surface area contributed by atoms with Crippen molar-refractivity contribution in [3.8, 4) is 10.8 Å². The molecule has 0 bridgehead atoms. The summed E-state index contributed by atoms with van der Waals surface area (Å²) in [4.78, 5) is 0.542. The zero-order valence-corrected chi connectivity index (χ0v) is 15.7. The van der Waals surface area contributed by atoms with E-state index in [0.29, 0.717) is 16.7 Å². The number of nitrogens with zero attached hydrogens (tertiary/aromatic N) is 2. The van der Waals surface area contributed by atoms with Crippen LogP contribution in [0.5, 0.6) is 0 Å². The SMILES string of the molecule is O=S(=O)(Nc1ccc(Cl)cc1F)c1ccc(-c2nnc(C3CCC3)o2)s1. The van der Waals surface area contributed by atoms with E-state index < -0.39 is 15.8 Å². The van der Waals surface area contributed by atoms with Crippen LogP contribution in [0.25, 0.3) is 10.8 Å². The van der Waals surface area contributed by atoms with Gasteiger partial charge in [0.05, 0.1) is 10.6 Å². The lowest BCUT2D eigenvalue weighted by molar-refractivity contribution is 0.338. The van der Waals surface area contributed by atoms with Gasteiger partial charge in [-0.1, -0.05) is 18.0 Å². The van der Waals surface area contributed by atoms with Crippen LogP contribution in [0.15, 0.2) is 39.0 Å². The van der Waals surface area contributed by atoms with Gasteiger partial charge in [-0.25, -0.2) is 12.8 Å². The highest BCUT2D eigenvalue weighted by Crippen LogP contribution is 2.38. The normalized spacial score (nSPS) is 15.0. The summed E-state index contributed by atoms with van der Waals surface area (Å²) in [6.45, 7) is 0. The van der Waals surface area contributed by atoms with E-state index in [4.69, 9.17) is 16.0 Å². The summed E-state index contributed by atoms with van der Waals surface area (Å²) in [5, 5.41) is 8.22. The number of hydrogen-bond acceptors (Lipinski definition) is 6. The molecule has 1 N–H and O–H groups in total. The molecule has 0 unspecified atom stereocenters. The molecule has 0 amide bonds. The minimum atomic E-state index is -3.94. The van der Waals surface area contributed by atoms with E-state index in [9.17, 15) is 12.8 Å². The van der Waals surface area contributed by atoms with Crippen LogP contribution in [0.3, 0.4) is 0 Å². The second-order valence-electron chi connectivity index (χ2n) is 5.92. The van der Waals surface area contributed by atoms with Gasteiger partial charge in [-0.05, 0) is 43.2 Å². The molecular weight excluding hydrogens is 401 g/mol. The standard InChI is InChI=1S/C16H13ClFN3O3S2/c17-10-4-5-12(11(18)8-10)21-26(22,23)14-7-6-13(25-14)16-20-19-15(24-16)9-2-1-3-9/h4-9,21H,1-3H2. The fraction of sp³-hybridized carbons (Fsp3) is 0.250. The Morgan fingerprint density at radius 1 is 1.23 bits per heavy atom. The lowest BCUT2D eigenvalue weighted by atomic mass is 9.85. The number of hydrogen-bond donors (Lipinski definition) is 1. The van der Waals surface area contributed by atoms with E-state index in [0.717, 1.165) is 36.7 Å². The third-order valence-corrected chi connectivity index (χ3v) is 7.29. The minimum absolute atomic E-state index is 0.0187. The second kappa shape index (κ2) is 6.64. The van der Waals surface area contributed by atoms with Crippen molar-refractivity contribution in [2.24, 2.45) is 0 Å². The molecule has 0 aliphatic heterocycles. The lowest BCUT2D eigenvalue weighted by Gasteiger charge is -2.20. The summed E-state index contributed by atoms with van der Waals surface area (Å²) in [5.74, 6) is 0.426. The van der Waals surface area contributed by atoms with E-state index in [2.05, 4.69) is 14.9 Å². The molecule has 2 heterocycles. The number of aromatic nitrogens is 2. The zero-order valence-electron chi connectivity index (χ0n) is 13.3. The molecule has 0 spiro atoms. The van der Waals surface area contributed by atoms with Gasteiger partial charge in [-0.2, -0.15) is 0 Å². The van der Waals surface area contributed by atoms with Crippen molar-refractivity contribution in [3.05, 3.63) is 47.1 Å². The van der Waals surface area contributed by atoms with Crippen LogP contribution in [0, 0.1) is 5.82 Å². The highest BCUT2D eigenvalue weighted by molar-refractivity contribution is 7.94. The first-order valence-electron chi connectivity index (χ1n) is 7.84. The first kappa shape index (κ1) is 17.4. The Bertz CT molecular complexity index is 1060. The Balaban J connectivity index is 1.57. The van der Waals surface area contributed by atoms with Gasteiger partial charge < -0.3 is 4.42 Å². The molecule has 26 heavy (non-hydrogen) atoms. The first-order valence-corrected chi connectivity index (χ1v) is 10.5. The van der Waals surface area contributed by atoms with E-state index in [1.807, 2.05) is 0 Å². The Hall–Kier alpha value is -1.97. The van der Waals surface area contributed by atoms with E-state index >= 15 is 0 Å². The van der Waals surface area contributed by atoms with Crippen LogP contribution < -0.4 is 4.72 Å². The van der Waals surface area contributed by atoms with Crippen molar-refractivity contribution < 1.29 is 17.2 Å². The first-order chi connectivity index (χ1) is 12.4. The van der Waals surface area contributed by atoms with Gasteiger partial charge in [0.25, 0.3) is 15.9 Å². The molecule has 0 atom stereocenters. The third kappa shape index (κ3) is 3.34. The van der Waals surface area contributed by atoms with Crippen molar-refractivity contribution in [2.75, 3.05) is 4.72 Å². The molecule has 2 aromatic heterocycles. The number of thiophene rings is 1. The van der Waals surface area contributed by atoms with Crippen LogP contribution in [0.4, 0.5) is 10.1 Å². The lowest BCUT2D eigenvalue weighted by Crippen LogP contribution is -2.12. The van der Waals surface area contributed by atoms with Crippen LogP contribution in [0.1, 0.15) is 31.1 Å². The third-order valence-electron chi connectivity index (χ3n) is 4.13. The molecular formula is C16H13ClFN3O3S2. The molecule has 0 saturated heterocycles. The fourth-order valence-corrected chi connectivity index (χ4v) is 4.95. The number of halogens is 2. The molecule has 6 nitrogen and oxygen atoms in total. The number of anilines is 1. The van der Waals surface area contributed by atoms with Gasteiger partial charge in [0.15, 0.2) is 0 Å². The number of rotatable bonds is 5. The van der Waals surface area contributed by atoms with Crippen molar-refractivity contribution in [1.82, 2.24) is 10.2 Å². The summed E-state index contributed by atoms with van der Waals surface area (Å²) in [5.41, 5.74) is -0.172. The maximum absolute atomic E-state index is 13.8. The van der Waals surface area contributed by atoms with Crippen LogP contribution in [-0.4, -0.2) is 18.6 Å². The van der Waals surface area contributed by atoms with Crippen LogP contribution in [-0.2, 0) is 10.0 Å². The predicted octanol–water partition coefficient (Wildman–Crippen LogP) is 4.66. The van der Waals surface area contributed by atoms with E-state index in [1.165, 1.54) is 18.2 Å². The van der Waals surface area contributed by atoms with Crippen molar-refractivity contribution in [1.29, 1.82) is 0 Å². The number of benzene rings is 1. The molecule has 4 rings (SSSR count). The molecule has 1 aliphatic carbocycles. The Kier molecular flexibility index (Phi) is 4.45. The fourth-order valence-electron chi connectivity index (χ4n) is 2.50. The average Bonchev–Trinajstić information content (AvgIpc) is 3.17. The maximum atomic E-state index is 13.8. The average molecular weight is 414 g/mol. The van der Waals surface area contributed by atoms with Crippen molar-refractivity contribution >= 4 is 38.6 Å². The topological polar surface area (TPSA) is 85.1 Å². The molecule has 10 heteroatoms. The quantitative estimate of drug-likeness (QED) is 0.657. The summed E-state index contributed by atoms with van der Waals surface area (Å²) in [7, 11) is -3.94. The predicted molar refractivity (Wildman–Crippen MR) is 96.4 cm³/mol. The van der Waals surface area contributed by atoms with Gasteiger partial charge in [-0.15, -0.1) is 21.5 Å².